The Morgan fingerprint density at radius 1 is 1.26 bits per heavy atom. The zero-order chi connectivity index (χ0) is 21.2. The highest BCUT2D eigenvalue weighted by Crippen LogP contribution is 2.58. The van der Waals surface area contributed by atoms with E-state index in [1.165, 1.54) is 11.6 Å². The smallest absolute Gasteiger partial charge is 0.257 e. The standard InChI is InChI=1S/C23H21FN6O/c1-13-11-30-12-15(8-18(24)21(30)28-13)29-22(31)16-2-3-17(20-19(16)26-6-7-27-20)23-4-5-25-10-14(23)9-23/h2-3,6-8,11-12,14,25H,4-5,9-10H2,1H3,(H,29,31)/t14?,23-/m1/s1. The van der Waals surface area contributed by atoms with Gasteiger partial charge >= 0.3 is 0 Å². The lowest BCUT2D eigenvalue weighted by Gasteiger charge is -2.24. The lowest BCUT2D eigenvalue weighted by atomic mass is 9.86. The Labute approximate surface area is 177 Å². The third-order valence-corrected chi connectivity index (χ3v) is 6.66. The molecule has 1 aliphatic carbocycles. The van der Waals surface area contributed by atoms with Crippen LogP contribution in [0.4, 0.5) is 10.1 Å². The van der Waals surface area contributed by atoms with E-state index < -0.39 is 5.82 Å². The second kappa shape index (κ2) is 6.55. The molecule has 1 unspecified atom stereocenters. The zero-order valence-corrected chi connectivity index (χ0v) is 17.0. The molecular formula is C23H21FN6O. The molecule has 0 spiro atoms. The quantitative estimate of drug-likeness (QED) is 0.536. The van der Waals surface area contributed by atoms with Crippen molar-refractivity contribution in [3.63, 3.8) is 0 Å². The summed E-state index contributed by atoms with van der Waals surface area (Å²) in [4.78, 5) is 26.4. The first-order valence-electron chi connectivity index (χ1n) is 10.5. The minimum atomic E-state index is -0.490. The van der Waals surface area contributed by atoms with Gasteiger partial charge in [0.15, 0.2) is 11.5 Å². The molecular weight excluding hydrogens is 395 g/mol. The maximum absolute atomic E-state index is 14.4. The van der Waals surface area contributed by atoms with E-state index in [0.29, 0.717) is 28.4 Å². The predicted molar refractivity (Wildman–Crippen MR) is 115 cm³/mol. The number of rotatable bonds is 3. The number of halogens is 1. The molecule has 1 amide bonds. The van der Waals surface area contributed by atoms with E-state index in [-0.39, 0.29) is 17.0 Å². The van der Waals surface area contributed by atoms with Crippen molar-refractivity contribution in [2.24, 2.45) is 5.92 Å². The van der Waals surface area contributed by atoms with Crippen LogP contribution in [-0.4, -0.2) is 38.3 Å². The van der Waals surface area contributed by atoms with Gasteiger partial charge in [0.2, 0.25) is 0 Å². The number of fused-ring (bicyclic) bond motifs is 3. The summed E-state index contributed by atoms with van der Waals surface area (Å²) in [6, 6.07) is 5.13. The molecule has 31 heavy (non-hydrogen) atoms. The summed E-state index contributed by atoms with van der Waals surface area (Å²) in [6.45, 7) is 3.80. The summed E-state index contributed by atoms with van der Waals surface area (Å²) >= 11 is 0. The molecule has 2 fully saturated rings. The highest BCUT2D eigenvalue weighted by atomic mass is 19.1. The fourth-order valence-corrected chi connectivity index (χ4v) is 5.09. The number of carbonyl (C=O) groups excluding carboxylic acids is 1. The van der Waals surface area contributed by atoms with Gasteiger partial charge in [-0.3, -0.25) is 14.8 Å². The molecule has 1 saturated heterocycles. The molecule has 2 atom stereocenters. The highest BCUT2D eigenvalue weighted by Gasteiger charge is 2.56. The number of aryl methyl sites for hydroxylation is 1. The summed E-state index contributed by atoms with van der Waals surface area (Å²) in [6.07, 6.45) is 8.86. The van der Waals surface area contributed by atoms with Gasteiger partial charge in [0.1, 0.15) is 5.52 Å². The van der Waals surface area contributed by atoms with E-state index in [4.69, 9.17) is 0 Å². The van der Waals surface area contributed by atoms with Gasteiger partial charge in [-0.05, 0) is 50.4 Å². The van der Waals surface area contributed by atoms with Gasteiger partial charge < -0.3 is 15.0 Å². The number of amides is 1. The van der Waals surface area contributed by atoms with Crippen LogP contribution in [0.15, 0.2) is 43.0 Å². The normalized spacial score (nSPS) is 22.5. The van der Waals surface area contributed by atoms with Gasteiger partial charge in [-0.15, -0.1) is 0 Å². The second-order valence-electron chi connectivity index (χ2n) is 8.57. The fourth-order valence-electron chi connectivity index (χ4n) is 5.09. The maximum Gasteiger partial charge on any atom is 0.257 e. The van der Waals surface area contributed by atoms with Crippen molar-refractivity contribution in [1.82, 2.24) is 24.7 Å². The zero-order valence-electron chi connectivity index (χ0n) is 17.0. The van der Waals surface area contributed by atoms with Crippen LogP contribution in [0.2, 0.25) is 0 Å². The van der Waals surface area contributed by atoms with Gasteiger partial charge in [0.25, 0.3) is 5.91 Å². The van der Waals surface area contributed by atoms with E-state index in [1.54, 1.807) is 36.1 Å². The Hall–Kier alpha value is -3.39. The number of nitrogens with zero attached hydrogens (tertiary/aromatic N) is 4. The molecule has 1 aliphatic heterocycles. The second-order valence-corrected chi connectivity index (χ2v) is 8.57. The number of benzene rings is 1. The average Bonchev–Trinajstić information content (AvgIpc) is 3.40. The van der Waals surface area contributed by atoms with E-state index in [1.807, 2.05) is 12.1 Å². The lowest BCUT2D eigenvalue weighted by molar-refractivity contribution is 0.102. The molecule has 0 radical (unpaired) electrons. The lowest BCUT2D eigenvalue weighted by Crippen LogP contribution is -2.31. The number of piperidine rings is 1. The number of pyridine rings is 1. The van der Waals surface area contributed by atoms with Gasteiger partial charge in [-0.25, -0.2) is 9.37 Å². The Morgan fingerprint density at radius 2 is 2.10 bits per heavy atom. The number of carbonyl (C=O) groups is 1. The van der Waals surface area contributed by atoms with Crippen LogP contribution in [0.25, 0.3) is 16.7 Å². The summed E-state index contributed by atoms with van der Waals surface area (Å²) < 4.78 is 16.0. The molecule has 1 aromatic carbocycles. The molecule has 4 aromatic rings. The first-order valence-corrected chi connectivity index (χ1v) is 10.5. The number of anilines is 1. The van der Waals surface area contributed by atoms with Crippen LogP contribution < -0.4 is 10.6 Å². The van der Waals surface area contributed by atoms with E-state index in [0.717, 1.165) is 31.4 Å². The summed E-state index contributed by atoms with van der Waals surface area (Å²) in [7, 11) is 0. The number of hydrogen-bond acceptors (Lipinski definition) is 5. The van der Waals surface area contributed by atoms with Crippen molar-refractivity contribution >= 4 is 28.3 Å². The first-order chi connectivity index (χ1) is 15.0. The molecule has 4 heterocycles. The van der Waals surface area contributed by atoms with E-state index in [9.17, 15) is 9.18 Å². The topological polar surface area (TPSA) is 84.2 Å². The van der Waals surface area contributed by atoms with E-state index in [2.05, 4.69) is 25.6 Å². The third kappa shape index (κ3) is 2.82. The molecule has 2 N–H and O–H groups in total. The van der Waals surface area contributed by atoms with Gasteiger partial charge in [-0.1, -0.05) is 6.07 Å². The van der Waals surface area contributed by atoms with Crippen LogP contribution in [0.3, 0.4) is 0 Å². The minimum Gasteiger partial charge on any atom is -0.320 e. The van der Waals surface area contributed by atoms with Crippen molar-refractivity contribution < 1.29 is 9.18 Å². The molecule has 0 bridgehead atoms. The van der Waals surface area contributed by atoms with Crippen LogP contribution in [0, 0.1) is 18.7 Å². The average molecular weight is 416 g/mol. The summed E-state index contributed by atoms with van der Waals surface area (Å²) in [5, 5.41) is 6.26. The summed E-state index contributed by atoms with van der Waals surface area (Å²) in [5.41, 5.74) is 4.40. The monoisotopic (exact) mass is 416 g/mol. The van der Waals surface area contributed by atoms with E-state index >= 15 is 0 Å². The molecule has 3 aromatic heterocycles. The van der Waals surface area contributed by atoms with Crippen molar-refractivity contribution in [3.8, 4) is 0 Å². The molecule has 7 nitrogen and oxygen atoms in total. The number of hydrogen-bond donors (Lipinski definition) is 2. The van der Waals surface area contributed by atoms with Crippen molar-refractivity contribution in [2.75, 3.05) is 18.4 Å². The van der Waals surface area contributed by atoms with Crippen LogP contribution in [0.1, 0.15) is 34.5 Å². The molecule has 1 saturated carbocycles. The Balaban J connectivity index is 1.38. The highest BCUT2D eigenvalue weighted by molar-refractivity contribution is 6.11. The number of imidazole rings is 1. The maximum atomic E-state index is 14.4. The minimum absolute atomic E-state index is 0.141. The van der Waals surface area contributed by atoms with Crippen LogP contribution >= 0.6 is 0 Å². The Kier molecular flexibility index (Phi) is 3.89. The van der Waals surface area contributed by atoms with Gasteiger partial charge in [-0.2, -0.15) is 0 Å². The third-order valence-electron chi connectivity index (χ3n) is 6.66. The first kappa shape index (κ1) is 18.4. The SMILES string of the molecule is Cc1cn2cc(NC(=O)c3ccc([C@@]45CCNCC4C5)c4nccnc34)cc(F)c2n1. The largest absolute Gasteiger partial charge is 0.320 e. The van der Waals surface area contributed by atoms with Crippen LogP contribution in [-0.2, 0) is 5.41 Å². The molecule has 156 valence electrons. The van der Waals surface area contributed by atoms with Crippen molar-refractivity contribution in [3.05, 3.63) is 65.6 Å². The summed E-state index contributed by atoms with van der Waals surface area (Å²) in [5.74, 6) is -0.224. The van der Waals surface area contributed by atoms with Gasteiger partial charge in [0, 0.05) is 36.3 Å². The number of aromatic nitrogens is 4. The molecule has 6 rings (SSSR count). The Bertz CT molecular complexity index is 1370. The molecule has 8 heteroatoms. The Morgan fingerprint density at radius 3 is 2.94 bits per heavy atom. The fraction of sp³-hybridized carbons (Fsp3) is 0.304. The number of nitrogens with one attached hydrogen (secondary N) is 2. The van der Waals surface area contributed by atoms with Crippen molar-refractivity contribution in [1.29, 1.82) is 0 Å². The predicted octanol–water partition coefficient (Wildman–Crippen LogP) is 3.23. The molecule has 2 aliphatic rings. The van der Waals surface area contributed by atoms with Crippen molar-refractivity contribution in [2.45, 2.75) is 25.2 Å². The van der Waals surface area contributed by atoms with Crippen LogP contribution in [0.5, 0.6) is 0 Å². The van der Waals surface area contributed by atoms with Gasteiger partial charge in [0.05, 0.1) is 22.5 Å².